The molecule has 292 valence electrons. The molecule has 8 atom stereocenters. The summed E-state index contributed by atoms with van der Waals surface area (Å²) < 4.78 is 62.4. The van der Waals surface area contributed by atoms with Crippen LogP contribution in [0, 0.1) is 23.7 Å². The second-order valence-corrected chi connectivity index (χ2v) is 19.8. The van der Waals surface area contributed by atoms with Gasteiger partial charge in [-0.15, -0.1) is 0 Å². The van der Waals surface area contributed by atoms with Gasteiger partial charge < -0.3 is 15.3 Å². The molecule has 10 rings (SSSR count). The molecule has 4 saturated carbocycles. The number of carboxylic acids is 1. The van der Waals surface area contributed by atoms with Crippen molar-refractivity contribution in [3.8, 4) is 0 Å². The second-order valence-electron chi connectivity index (χ2n) is 16.2. The number of fused-ring (bicyclic) bond motifs is 2. The van der Waals surface area contributed by atoms with E-state index in [-0.39, 0.29) is 58.1 Å². The molecule has 0 bridgehead atoms. The molecule has 0 aromatic heterocycles. The van der Waals surface area contributed by atoms with Crippen LogP contribution in [0.2, 0.25) is 0 Å². The predicted octanol–water partition coefficient (Wildman–Crippen LogP) is 3.80. The second kappa shape index (κ2) is 14.8. The number of hydrogen-bond donors (Lipinski definition) is 1. The van der Waals surface area contributed by atoms with Crippen LogP contribution in [0.3, 0.4) is 0 Å². The average molecular weight is 795 g/mol. The summed E-state index contributed by atoms with van der Waals surface area (Å²) in [6, 6.07) is 24.0. The Balaban J connectivity index is 0.000000166. The fourth-order valence-electron chi connectivity index (χ4n) is 11.1. The van der Waals surface area contributed by atoms with E-state index in [0.717, 1.165) is 85.8 Å². The van der Waals surface area contributed by atoms with E-state index in [1.54, 1.807) is 37.3 Å². The first-order valence-corrected chi connectivity index (χ1v) is 22.3. The monoisotopic (exact) mass is 794 g/mol. The number of aliphatic carboxylic acids is 1. The predicted molar refractivity (Wildman–Crippen MR) is 205 cm³/mol. The molecule has 2 spiro atoms. The number of hydrogen-bond acceptors (Lipinski definition) is 8. The minimum Gasteiger partial charge on any atom is -0.870 e. The number of nitrogens with zero attached hydrogens (tertiary/aromatic N) is 2. The van der Waals surface area contributed by atoms with E-state index < -0.39 is 49.6 Å². The molecule has 0 radical (unpaired) electrons. The molecule has 6 aliphatic rings. The van der Waals surface area contributed by atoms with E-state index in [1.807, 2.05) is 54.6 Å². The number of carboxylic acid groups (broad SMARTS) is 1. The zero-order valence-corrected chi connectivity index (χ0v) is 33.4. The van der Waals surface area contributed by atoms with Crippen molar-refractivity contribution in [1.82, 2.24) is 8.61 Å². The van der Waals surface area contributed by atoms with Gasteiger partial charge >= 0.3 is 30.8 Å². The molecule has 14 heteroatoms. The van der Waals surface area contributed by atoms with Crippen LogP contribution in [0.4, 0.5) is 0 Å². The van der Waals surface area contributed by atoms with Crippen molar-refractivity contribution in [2.75, 3.05) is 6.61 Å². The Kier molecular flexibility index (Phi) is 10.8. The maximum Gasteiger partial charge on any atom is 1.00 e. The minimum atomic E-state index is -3.84. The van der Waals surface area contributed by atoms with Crippen LogP contribution >= 0.6 is 0 Å². The Morgan fingerprint density at radius 1 is 0.661 bits per heavy atom. The molecular weight excluding hydrogens is 748 g/mol. The topological polar surface area (TPSA) is 168 Å². The van der Waals surface area contributed by atoms with Crippen molar-refractivity contribution >= 4 is 53.5 Å². The summed E-state index contributed by atoms with van der Waals surface area (Å²) in [6.45, 7) is 2.03. The van der Waals surface area contributed by atoms with Crippen LogP contribution in [0.25, 0.3) is 21.5 Å². The fourth-order valence-corrected chi connectivity index (χ4v) is 15.3. The molecule has 4 aromatic carbocycles. The smallest absolute Gasteiger partial charge is 0.870 e. The SMILES string of the molecule is CCOC(=O)[C@H]1C2CCCCC3CC32N1S(=O)(=O)c1ccc2ccccc2c1.O=C(O)[C@H]1C2CCCCC3CC32N1S(=O)(=O)c1ccc2ccccc2c1.[Li+].[OH-]. The van der Waals surface area contributed by atoms with Crippen molar-refractivity contribution in [2.24, 2.45) is 23.7 Å². The van der Waals surface area contributed by atoms with Crippen molar-refractivity contribution in [1.29, 1.82) is 0 Å². The fraction of sp³-hybridized carbons (Fsp3) is 0.476. The van der Waals surface area contributed by atoms with Crippen LogP contribution in [0.15, 0.2) is 94.7 Å². The van der Waals surface area contributed by atoms with Crippen LogP contribution in [-0.4, -0.2) is 77.7 Å². The van der Waals surface area contributed by atoms with Gasteiger partial charge in [0.1, 0.15) is 12.1 Å². The standard InChI is InChI=1S/C22H25NO4S.C20H21NO4S.Li.H2O/c1-2-27-21(24)20-19-10-6-5-9-17-14-22(17,19)23(20)28(25,26)18-12-11-15-7-3-4-8-16(15)13-18;22-19(23)18-17-8-4-3-7-15-12-20(15,17)21(18)26(24,25)16-10-9-13-5-1-2-6-14(13)11-16;;/h3-4,7-8,11-13,17,19-20H,2,5-6,9-10,14H2,1H3;1-2,5-6,9-11,15,17-18H,3-4,7-8,12H2,(H,22,23);;1H2/q;;+1;/p-1/t17?,19?,20-,22?;15?,17?,18-,20?;;/m11../s1. The number of benzene rings is 4. The Labute approximate surface area is 340 Å². The zero-order valence-electron chi connectivity index (χ0n) is 31.8. The molecule has 2 heterocycles. The molecule has 11 nitrogen and oxygen atoms in total. The first-order chi connectivity index (χ1) is 26.0. The summed E-state index contributed by atoms with van der Waals surface area (Å²) in [5.74, 6) is -0.661. The van der Waals surface area contributed by atoms with E-state index >= 15 is 0 Å². The normalized spacial score (nSPS) is 31.6. The van der Waals surface area contributed by atoms with Gasteiger partial charge in [0.05, 0.1) is 16.4 Å². The number of ether oxygens (including phenoxy) is 1. The van der Waals surface area contributed by atoms with Gasteiger partial charge in [0.25, 0.3) is 0 Å². The van der Waals surface area contributed by atoms with E-state index in [4.69, 9.17) is 4.74 Å². The van der Waals surface area contributed by atoms with Gasteiger partial charge in [0.2, 0.25) is 20.0 Å². The van der Waals surface area contributed by atoms with E-state index in [9.17, 15) is 31.5 Å². The van der Waals surface area contributed by atoms with E-state index in [0.29, 0.717) is 11.8 Å². The van der Waals surface area contributed by atoms with Crippen molar-refractivity contribution in [2.45, 2.75) is 104 Å². The van der Waals surface area contributed by atoms with Crippen LogP contribution < -0.4 is 18.9 Å². The number of rotatable bonds is 7. The maximum absolute atomic E-state index is 13.7. The number of carbonyl (C=O) groups excluding carboxylic acids is 1. The molecular formula is C42H47LiN2O9S2. The maximum atomic E-state index is 13.7. The molecule has 56 heavy (non-hydrogen) atoms. The average Bonchev–Trinajstić information content (AvgIpc) is 4.07. The van der Waals surface area contributed by atoms with Gasteiger partial charge in [-0.3, -0.25) is 9.59 Å². The van der Waals surface area contributed by atoms with Crippen molar-refractivity contribution < 1.29 is 60.6 Å². The largest absolute Gasteiger partial charge is 1.00 e. The van der Waals surface area contributed by atoms with E-state index in [1.165, 1.54) is 8.61 Å². The molecule has 2 saturated heterocycles. The van der Waals surface area contributed by atoms with Gasteiger partial charge in [0, 0.05) is 22.9 Å². The summed E-state index contributed by atoms with van der Waals surface area (Å²) in [7, 11) is -7.62. The van der Waals surface area contributed by atoms with Gasteiger partial charge in [0.15, 0.2) is 0 Å². The third-order valence-electron chi connectivity index (χ3n) is 13.6. The summed E-state index contributed by atoms with van der Waals surface area (Å²) in [4.78, 5) is 25.1. The number of carbonyl (C=O) groups is 2. The summed E-state index contributed by atoms with van der Waals surface area (Å²) >= 11 is 0. The quantitative estimate of drug-likeness (QED) is 0.216. The molecule has 2 N–H and O–H groups in total. The van der Waals surface area contributed by atoms with Gasteiger partial charge in [-0.1, -0.05) is 86.3 Å². The Hall–Kier alpha value is -3.28. The molecule has 0 amide bonds. The van der Waals surface area contributed by atoms with Gasteiger partial charge in [-0.2, -0.15) is 8.61 Å². The van der Waals surface area contributed by atoms with Crippen molar-refractivity contribution in [3.05, 3.63) is 84.9 Å². The van der Waals surface area contributed by atoms with Crippen molar-refractivity contribution in [3.63, 3.8) is 0 Å². The van der Waals surface area contributed by atoms with Gasteiger partial charge in [-0.25, -0.2) is 16.8 Å². The molecule has 4 aliphatic carbocycles. The summed E-state index contributed by atoms with van der Waals surface area (Å²) in [5.41, 5.74) is -0.803. The molecule has 2 aliphatic heterocycles. The number of esters is 1. The zero-order chi connectivity index (χ0) is 37.6. The van der Waals surface area contributed by atoms with E-state index in [2.05, 4.69) is 0 Å². The number of sulfonamides is 2. The third-order valence-corrected chi connectivity index (χ3v) is 17.5. The van der Waals surface area contributed by atoms with Crippen LogP contribution in [-0.2, 0) is 34.4 Å². The van der Waals surface area contributed by atoms with Gasteiger partial charge in [-0.05, 0) is 103 Å². The first-order valence-electron chi connectivity index (χ1n) is 19.4. The third kappa shape index (κ3) is 6.07. The first kappa shape index (κ1) is 40.9. The Bertz CT molecular complexity index is 2410. The molecule has 6 fully saturated rings. The molecule has 4 aromatic rings. The molecule has 6 unspecified atom stereocenters. The summed E-state index contributed by atoms with van der Waals surface area (Å²) in [6.07, 6.45) is 9.71. The Morgan fingerprint density at radius 2 is 1.07 bits per heavy atom. The summed E-state index contributed by atoms with van der Waals surface area (Å²) in [5, 5.41) is 13.5. The van der Waals surface area contributed by atoms with Crippen LogP contribution in [0.1, 0.15) is 71.1 Å². The van der Waals surface area contributed by atoms with Crippen LogP contribution in [0.5, 0.6) is 0 Å². The Morgan fingerprint density at radius 3 is 1.52 bits per heavy atom. The minimum absolute atomic E-state index is 0.